The van der Waals surface area contributed by atoms with Gasteiger partial charge in [-0.05, 0) is 88.2 Å². The highest BCUT2D eigenvalue weighted by molar-refractivity contribution is 5.67. The van der Waals surface area contributed by atoms with Crippen LogP contribution < -0.4 is 5.32 Å². The molecule has 1 spiro atoms. The van der Waals surface area contributed by atoms with Crippen molar-refractivity contribution in [2.75, 3.05) is 26.2 Å². The number of carbonyl (C=O) groups is 1. The van der Waals surface area contributed by atoms with Crippen LogP contribution in [0.3, 0.4) is 0 Å². The van der Waals surface area contributed by atoms with Crippen LogP contribution in [-0.4, -0.2) is 43.3 Å². The second-order valence-corrected chi connectivity index (χ2v) is 10.1. The quantitative estimate of drug-likeness (QED) is 0.619. The van der Waals surface area contributed by atoms with Gasteiger partial charge in [0.05, 0.1) is 19.3 Å². The molecule has 0 aromatic rings. The number of rotatable bonds is 7. The second kappa shape index (κ2) is 8.61. The van der Waals surface area contributed by atoms with Crippen molar-refractivity contribution in [2.24, 2.45) is 23.2 Å². The van der Waals surface area contributed by atoms with Crippen molar-refractivity contribution >= 4 is 6.09 Å². The lowest BCUT2D eigenvalue weighted by Crippen LogP contribution is -2.49. The molecule has 1 amide bonds. The molecule has 1 saturated heterocycles. The van der Waals surface area contributed by atoms with E-state index in [9.17, 15) is 4.79 Å². The maximum Gasteiger partial charge on any atom is 0.410 e. The smallest absolute Gasteiger partial charge is 0.410 e. The lowest BCUT2D eigenvalue weighted by molar-refractivity contribution is -0.0210. The van der Waals surface area contributed by atoms with Crippen LogP contribution in [0.4, 0.5) is 4.79 Å². The minimum absolute atomic E-state index is 0.0335. The Hall–Kier alpha value is -1.65. The van der Waals surface area contributed by atoms with E-state index in [4.69, 9.17) is 9.47 Å². The summed E-state index contributed by atoms with van der Waals surface area (Å²) in [6.07, 6.45) is 12.9. The van der Waals surface area contributed by atoms with Gasteiger partial charge in [-0.25, -0.2) is 4.79 Å². The molecule has 0 aromatic carbocycles. The molecule has 29 heavy (non-hydrogen) atoms. The molecule has 2 saturated carbocycles. The van der Waals surface area contributed by atoms with Crippen molar-refractivity contribution in [3.63, 3.8) is 0 Å². The van der Waals surface area contributed by atoms with Gasteiger partial charge in [0.25, 0.3) is 0 Å². The molecule has 4 aliphatic rings. The number of carbonyl (C=O) groups excluding carboxylic acids is 1. The van der Waals surface area contributed by atoms with Crippen molar-refractivity contribution in [3.8, 4) is 0 Å². The summed E-state index contributed by atoms with van der Waals surface area (Å²) in [4.78, 5) is 13.9. The van der Waals surface area contributed by atoms with Gasteiger partial charge in [0, 0.05) is 24.7 Å². The number of piperidine rings is 1. The molecule has 3 fully saturated rings. The van der Waals surface area contributed by atoms with E-state index < -0.39 is 0 Å². The molecular formula is C24H38N2O3. The Morgan fingerprint density at radius 1 is 1.28 bits per heavy atom. The van der Waals surface area contributed by atoms with Crippen LogP contribution >= 0.6 is 0 Å². The van der Waals surface area contributed by atoms with E-state index >= 15 is 0 Å². The Morgan fingerprint density at radius 2 is 2.00 bits per heavy atom. The maximum atomic E-state index is 12.0. The molecule has 0 aromatic heterocycles. The number of nitrogens with one attached hydrogen (secondary N) is 1. The summed E-state index contributed by atoms with van der Waals surface area (Å²) in [7, 11) is 0. The Labute approximate surface area is 175 Å². The predicted molar refractivity (Wildman–Crippen MR) is 114 cm³/mol. The van der Waals surface area contributed by atoms with Crippen LogP contribution in [0, 0.1) is 23.2 Å². The van der Waals surface area contributed by atoms with Crippen molar-refractivity contribution in [3.05, 3.63) is 23.6 Å². The fourth-order valence-electron chi connectivity index (χ4n) is 5.39. The highest BCUT2D eigenvalue weighted by atomic mass is 16.6. The molecular weight excluding hydrogens is 364 g/mol. The Bertz CT molecular complexity index is 653. The van der Waals surface area contributed by atoms with Crippen LogP contribution in [0.2, 0.25) is 0 Å². The summed E-state index contributed by atoms with van der Waals surface area (Å²) < 4.78 is 11.3. The van der Waals surface area contributed by atoms with E-state index in [0.717, 1.165) is 69.0 Å². The van der Waals surface area contributed by atoms with E-state index in [-0.39, 0.29) is 12.2 Å². The molecule has 5 heteroatoms. The van der Waals surface area contributed by atoms with Gasteiger partial charge in [-0.1, -0.05) is 6.92 Å². The zero-order valence-electron chi connectivity index (χ0n) is 18.4. The maximum absolute atomic E-state index is 12.0. The van der Waals surface area contributed by atoms with Crippen LogP contribution in [0.25, 0.3) is 0 Å². The van der Waals surface area contributed by atoms with Crippen molar-refractivity contribution in [1.29, 1.82) is 0 Å². The van der Waals surface area contributed by atoms with E-state index in [0.29, 0.717) is 5.41 Å². The monoisotopic (exact) mass is 402 g/mol. The third-order valence-electron chi connectivity index (χ3n) is 7.33. The predicted octanol–water partition coefficient (Wildman–Crippen LogP) is 4.85. The van der Waals surface area contributed by atoms with Gasteiger partial charge in [-0.3, -0.25) is 0 Å². The van der Waals surface area contributed by atoms with E-state index in [1.807, 2.05) is 18.7 Å². The summed E-state index contributed by atoms with van der Waals surface area (Å²) in [5, 5.41) is 3.53. The molecule has 2 heterocycles. The first-order valence-electron chi connectivity index (χ1n) is 11.7. The third-order valence-corrected chi connectivity index (χ3v) is 7.33. The van der Waals surface area contributed by atoms with Gasteiger partial charge in [0.15, 0.2) is 0 Å². The molecule has 2 unspecified atom stereocenters. The molecule has 0 radical (unpaired) electrons. The Kier molecular flexibility index (Phi) is 6.12. The van der Waals surface area contributed by atoms with E-state index in [1.165, 1.54) is 31.4 Å². The number of hydrogen-bond acceptors (Lipinski definition) is 4. The van der Waals surface area contributed by atoms with Gasteiger partial charge < -0.3 is 19.7 Å². The summed E-state index contributed by atoms with van der Waals surface area (Å²) in [6.45, 7) is 9.53. The normalized spacial score (nSPS) is 28.3. The van der Waals surface area contributed by atoms with Crippen LogP contribution in [-0.2, 0) is 9.47 Å². The van der Waals surface area contributed by atoms with Gasteiger partial charge in [0.1, 0.15) is 5.76 Å². The highest BCUT2D eigenvalue weighted by Crippen LogP contribution is 2.54. The molecule has 4 rings (SSSR count). The average Bonchev–Trinajstić information content (AvgIpc) is 3.40. The lowest BCUT2D eigenvalue weighted by atomic mass is 9.56. The molecule has 5 nitrogen and oxygen atoms in total. The van der Waals surface area contributed by atoms with Crippen LogP contribution in [0.5, 0.6) is 0 Å². The van der Waals surface area contributed by atoms with Gasteiger partial charge >= 0.3 is 6.09 Å². The van der Waals surface area contributed by atoms with E-state index in [2.05, 4.69) is 24.4 Å². The first-order valence-corrected chi connectivity index (χ1v) is 11.7. The Morgan fingerprint density at radius 3 is 2.59 bits per heavy atom. The SMILES string of the molecule is CC(C)OC(=O)N1CCC2(CC1)CC(CCCOC1=CC=C(C3CC3C)NC1)C2. The van der Waals surface area contributed by atoms with Crippen LogP contribution in [0.15, 0.2) is 23.6 Å². The first-order chi connectivity index (χ1) is 13.9. The topological polar surface area (TPSA) is 50.8 Å². The largest absolute Gasteiger partial charge is 0.496 e. The standard InChI is InChI=1S/C24H38N2O3/c1-17(2)29-23(27)26-10-8-24(9-11-26)14-19(15-24)5-4-12-28-20-6-7-22(25-16-20)21-13-18(21)3/h6-7,17-19,21,25H,4-5,8-16H2,1-3H3. The summed E-state index contributed by atoms with van der Waals surface area (Å²) >= 11 is 0. The Balaban J connectivity index is 1.08. The summed E-state index contributed by atoms with van der Waals surface area (Å²) in [5.41, 5.74) is 1.89. The number of nitrogens with zero attached hydrogens (tertiary/aromatic N) is 1. The second-order valence-electron chi connectivity index (χ2n) is 10.1. The number of ether oxygens (including phenoxy) is 2. The molecule has 2 aliphatic heterocycles. The minimum atomic E-state index is -0.136. The van der Waals surface area contributed by atoms with Gasteiger partial charge in [-0.2, -0.15) is 0 Å². The van der Waals surface area contributed by atoms with Crippen molar-refractivity contribution in [2.45, 2.75) is 71.8 Å². The summed E-state index contributed by atoms with van der Waals surface area (Å²) in [5.74, 6) is 3.52. The first kappa shape index (κ1) is 20.6. The van der Waals surface area contributed by atoms with E-state index in [1.54, 1.807) is 0 Å². The lowest BCUT2D eigenvalue weighted by Gasteiger charge is -2.52. The fraction of sp³-hybridized carbons (Fsp3) is 0.792. The number of dihydropyridines is 1. The zero-order chi connectivity index (χ0) is 20.4. The van der Waals surface area contributed by atoms with Gasteiger partial charge in [-0.15, -0.1) is 0 Å². The van der Waals surface area contributed by atoms with Gasteiger partial charge in [0.2, 0.25) is 0 Å². The molecule has 2 aliphatic carbocycles. The minimum Gasteiger partial charge on any atom is -0.496 e. The number of likely N-dealkylation sites (tertiary alicyclic amines) is 1. The summed E-state index contributed by atoms with van der Waals surface area (Å²) in [6, 6.07) is 0. The fourth-order valence-corrected chi connectivity index (χ4v) is 5.39. The highest BCUT2D eigenvalue weighted by Gasteiger charge is 2.46. The third kappa shape index (κ3) is 5.10. The number of amides is 1. The van der Waals surface area contributed by atoms with Crippen molar-refractivity contribution < 1.29 is 14.3 Å². The molecule has 1 N–H and O–H groups in total. The molecule has 162 valence electrons. The van der Waals surface area contributed by atoms with Crippen LogP contribution in [0.1, 0.15) is 65.7 Å². The molecule has 2 atom stereocenters. The molecule has 0 bridgehead atoms. The number of allylic oxidation sites excluding steroid dienone is 3. The number of hydrogen-bond donors (Lipinski definition) is 1. The zero-order valence-corrected chi connectivity index (χ0v) is 18.4. The van der Waals surface area contributed by atoms with Crippen molar-refractivity contribution in [1.82, 2.24) is 10.2 Å². The average molecular weight is 403 g/mol.